The Morgan fingerprint density at radius 3 is 2.23 bits per heavy atom. The summed E-state index contributed by atoms with van der Waals surface area (Å²) in [4.78, 5) is -0.515. The van der Waals surface area contributed by atoms with Gasteiger partial charge in [0.25, 0.3) is 0 Å². The van der Waals surface area contributed by atoms with Gasteiger partial charge in [0.05, 0.1) is 5.02 Å². The molecule has 13 heavy (non-hydrogen) atoms. The molecule has 0 aromatic heterocycles. The third-order valence-electron chi connectivity index (χ3n) is 1.27. The molecule has 1 aromatic rings. The van der Waals surface area contributed by atoms with Gasteiger partial charge in [-0.05, 0) is 6.07 Å². The van der Waals surface area contributed by atoms with Gasteiger partial charge in [0.15, 0.2) is 0 Å². The van der Waals surface area contributed by atoms with Crippen LogP contribution in [0.15, 0.2) is 17.0 Å². The first-order valence-corrected chi connectivity index (χ1v) is 5.33. The van der Waals surface area contributed by atoms with Crippen LogP contribution in [0.3, 0.4) is 0 Å². The monoisotopic (exact) mass is 241 g/mol. The summed E-state index contributed by atoms with van der Waals surface area (Å²) in [5, 5.41) is 13.9. The van der Waals surface area contributed by atoms with Crippen LogP contribution >= 0.6 is 23.2 Å². The van der Waals surface area contributed by atoms with Crippen molar-refractivity contribution in [3.05, 3.63) is 22.2 Å². The summed E-state index contributed by atoms with van der Waals surface area (Å²) in [6, 6.07) is 2.23. The summed E-state index contributed by atoms with van der Waals surface area (Å²) in [5.41, 5.74) is 0. The molecular formula is C6H5Cl2NO3S. The Labute approximate surface area is 84.9 Å². The fourth-order valence-electron chi connectivity index (χ4n) is 0.828. The number of hydrogen-bond acceptors (Lipinski definition) is 3. The van der Waals surface area contributed by atoms with Crippen LogP contribution in [-0.2, 0) is 10.0 Å². The van der Waals surface area contributed by atoms with Crippen LogP contribution in [-0.4, -0.2) is 13.5 Å². The molecule has 0 radical (unpaired) electrons. The van der Waals surface area contributed by atoms with E-state index in [2.05, 4.69) is 0 Å². The molecule has 0 saturated heterocycles. The predicted octanol–water partition coefficient (Wildman–Crippen LogP) is 1.35. The molecule has 0 amide bonds. The van der Waals surface area contributed by atoms with E-state index in [9.17, 15) is 13.5 Å². The molecule has 0 aliphatic heterocycles. The normalized spacial score (nSPS) is 11.6. The van der Waals surface area contributed by atoms with Crippen molar-refractivity contribution >= 4 is 33.2 Å². The van der Waals surface area contributed by atoms with Crippen molar-refractivity contribution < 1.29 is 13.5 Å². The summed E-state index contributed by atoms with van der Waals surface area (Å²) < 4.78 is 21.8. The Morgan fingerprint density at radius 2 is 1.85 bits per heavy atom. The maximum atomic E-state index is 10.9. The van der Waals surface area contributed by atoms with Crippen LogP contribution in [0.4, 0.5) is 0 Å². The molecule has 0 unspecified atom stereocenters. The summed E-state index contributed by atoms with van der Waals surface area (Å²) in [7, 11) is -4.02. The van der Waals surface area contributed by atoms with Gasteiger partial charge in [-0.2, -0.15) is 0 Å². The number of hydrogen-bond donors (Lipinski definition) is 2. The van der Waals surface area contributed by atoms with Crippen molar-refractivity contribution in [2.24, 2.45) is 5.14 Å². The van der Waals surface area contributed by atoms with Gasteiger partial charge in [-0.1, -0.05) is 23.2 Å². The van der Waals surface area contributed by atoms with Crippen LogP contribution in [0.1, 0.15) is 0 Å². The van der Waals surface area contributed by atoms with Crippen LogP contribution in [0, 0.1) is 0 Å². The molecule has 0 fully saturated rings. The van der Waals surface area contributed by atoms with Crippen molar-refractivity contribution in [1.82, 2.24) is 0 Å². The second kappa shape index (κ2) is 3.34. The lowest BCUT2D eigenvalue weighted by atomic mass is 10.3. The fourth-order valence-corrected chi connectivity index (χ4v) is 2.31. The summed E-state index contributed by atoms with van der Waals surface area (Å²) >= 11 is 11.0. The number of sulfonamides is 1. The molecule has 7 heteroatoms. The number of aromatic hydroxyl groups is 1. The van der Waals surface area contributed by atoms with E-state index in [1.54, 1.807) is 0 Å². The average Bonchev–Trinajstić information content (AvgIpc) is 1.78. The number of phenols is 1. The molecule has 0 aliphatic rings. The number of halogens is 2. The van der Waals surface area contributed by atoms with Crippen molar-refractivity contribution in [3.8, 4) is 5.75 Å². The van der Waals surface area contributed by atoms with E-state index in [0.717, 1.165) is 6.07 Å². The zero-order valence-electron chi connectivity index (χ0n) is 6.16. The standard InChI is InChI=1S/C6H5Cl2NO3S/c7-3-1-4(8)6(5(10)2-3)13(9,11)12/h1-2,10H,(H2,9,11,12). The molecule has 3 N–H and O–H groups in total. The van der Waals surface area contributed by atoms with Crippen LogP contribution in [0.5, 0.6) is 5.75 Å². The Hall–Kier alpha value is -0.490. The zero-order valence-corrected chi connectivity index (χ0v) is 8.49. The van der Waals surface area contributed by atoms with Crippen LogP contribution in [0.2, 0.25) is 10.0 Å². The topological polar surface area (TPSA) is 80.4 Å². The minimum atomic E-state index is -4.02. The predicted molar refractivity (Wildman–Crippen MR) is 49.5 cm³/mol. The van der Waals surface area contributed by atoms with E-state index in [-0.39, 0.29) is 10.0 Å². The number of nitrogens with two attached hydrogens (primary N) is 1. The molecule has 1 aromatic carbocycles. The molecular weight excluding hydrogens is 237 g/mol. The summed E-state index contributed by atoms with van der Waals surface area (Å²) in [5.74, 6) is -0.556. The smallest absolute Gasteiger partial charge is 0.243 e. The first-order chi connectivity index (χ1) is 5.82. The highest BCUT2D eigenvalue weighted by atomic mass is 35.5. The Kier molecular flexibility index (Phi) is 2.72. The lowest BCUT2D eigenvalue weighted by Gasteiger charge is -2.04. The lowest BCUT2D eigenvalue weighted by Crippen LogP contribution is -2.12. The largest absolute Gasteiger partial charge is 0.506 e. The SMILES string of the molecule is NS(=O)(=O)c1c(O)cc(Cl)cc1Cl. The first kappa shape index (κ1) is 10.6. The minimum absolute atomic E-state index is 0.134. The maximum Gasteiger partial charge on any atom is 0.243 e. The van der Waals surface area contributed by atoms with E-state index >= 15 is 0 Å². The molecule has 0 saturated carbocycles. The third kappa shape index (κ3) is 2.25. The molecule has 0 aliphatic carbocycles. The molecule has 0 spiro atoms. The van der Waals surface area contributed by atoms with Crippen molar-refractivity contribution in [1.29, 1.82) is 0 Å². The molecule has 0 heterocycles. The van der Waals surface area contributed by atoms with Gasteiger partial charge in [-0.25, -0.2) is 13.6 Å². The molecule has 0 atom stereocenters. The molecule has 4 nitrogen and oxygen atoms in total. The summed E-state index contributed by atoms with van der Waals surface area (Å²) in [6.07, 6.45) is 0. The van der Waals surface area contributed by atoms with E-state index < -0.39 is 20.7 Å². The van der Waals surface area contributed by atoms with Gasteiger partial charge in [0, 0.05) is 11.1 Å². The van der Waals surface area contributed by atoms with E-state index in [1.165, 1.54) is 6.07 Å². The van der Waals surface area contributed by atoms with Gasteiger partial charge >= 0.3 is 0 Å². The highest BCUT2D eigenvalue weighted by Crippen LogP contribution is 2.32. The van der Waals surface area contributed by atoms with E-state index in [0.29, 0.717) is 0 Å². The van der Waals surface area contributed by atoms with Crippen LogP contribution < -0.4 is 5.14 Å². The summed E-state index contributed by atoms with van der Waals surface area (Å²) in [6.45, 7) is 0. The highest BCUT2D eigenvalue weighted by molar-refractivity contribution is 7.89. The number of primary sulfonamides is 1. The molecule has 1 rings (SSSR count). The average molecular weight is 242 g/mol. The van der Waals surface area contributed by atoms with Crippen molar-refractivity contribution in [3.63, 3.8) is 0 Å². The fraction of sp³-hybridized carbons (Fsp3) is 0. The van der Waals surface area contributed by atoms with Gasteiger partial charge in [0.1, 0.15) is 10.6 Å². The van der Waals surface area contributed by atoms with Gasteiger partial charge in [-0.15, -0.1) is 0 Å². The number of benzene rings is 1. The maximum absolute atomic E-state index is 10.9. The number of rotatable bonds is 1. The van der Waals surface area contributed by atoms with Crippen molar-refractivity contribution in [2.45, 2.75) is 4.90 Å². The Morgan fingerprint density at radius 1 is 1.31 bits per heavy atom. The second-order valence-corrected chi connectivity index (χ2v) is 4.62. The Balaban J connectivity index is 3.57. The van der Waals surface area contributed by atoms with Gasteiger partial charge < -0.3 is 5.11 Å². The number of phenolic OH excluding ortho intramolecular Hbond substituents is 1. The van der Waals surface area contributed by atoms with Gasteiger partial charge in [-0.3, -0.25) is 0 Å². The molecule has 72 valence electrons. The minimum Gasteiger partial charge on any atom is -0.506 e. The highest BCUT2D eigenvalue weighted by Gasteiger charge is 2.18. The second-order valence-electron chi connectivity index (χ2n) is 2.28. The Bertz CT molecular complexity index is 420. The van der Waals surface area contributed by atoms with Crippen LogP contribution in [0.25, 0.3) is 0 Å². The quantitative estimate of drug-likeness (QED) is 0.779. The van der Waals surface area contributed by atoms with E-state index in [4.69, 9.17) is 28.3 Å². The zero-order chi connectivity index (χ0) is 10.2. The van der Waals surface area contributed by atoms with Gasteiger partial charge in [0.2, 0.25) is 10.0 Å². The lowest BCUT2D eigenvalue weighted by molar-refractivity contribution is 0.459. The van der Waals surface area contributed by atoms with Crippen molar-refractivity contribution in [2.75, 3.05) is 0 Å². The molecule has 0 bridgehead atoms. The first-order valence-electron chi connectivity index (χ1n) is 3.03. The third-order valence-corrected chi connectivity index (χ3v) is 2.90. The van der Waals surface area contributed by atoms with E-state index in [1.807, 2.05) is 0 Å².